The summed E-state index contributed by atoms with van der Waals surface area (Å²) in [5.74, 6) is 0.766. The highest BCUT2D eigenvalue weighted by Crippen LogP contribution is 2.44. The molecule has 2 aliphatic rings. The normalized spacial score (nSPS) is 19.1. The van der Waals surface area contributed by atoms with E-state index in [1.54, 1.807) is 25.3 Å². The smallest absolute Gasteiger partial charge is 0.198 e. The molecule has 0 saturated heterocycles. The summed E-state index contributed by atoms with van der Waals surface area (Å²) < 4.78 is 11.1. The Morgan fingerprint density at radius 1 is 0.972 bits per heavy atom. The van der Waals surface area contributed by atoms with Crippen LogP contribution in [0.1, 0.15) is 35.9 Å². The van der Waals surface area contributed by atoms with E-state index < -0.39 is 6.04 Å². The van der Waals surface area contributed by atoms with E-state index in [0.717, 1.165) is 28.4 Å². The van der Waals surface area contributed by atoms with Crippen molar-refractivity contribution in [2.45, 2.75) is 24.8 Å². The maximum atomic E-state index is 13.7. The van der Waals surface area contributed by atoms with E-state index in [1.807, 2.05) is 48.5 Å². The van der Waals surface area contributed by atoms with Gasteiger partial charge in [-0.25, -0.2) is 0 Å². The molecule has 7 heteroatoms. The van der Waals surface area contributed by atoms with Crippen LogP contribution in [0.4, 0.5) is 11.4 Å². The molecule has 4 aromatic rings. The molecule has 0 bridgehead atoms. The summed E-state index contributed by atoms with van der Waals surface area (Å²) in [6.07, 6.45) is 2.43. The molecular formula is C29H23ClN2O4. The van der Waals surface area contributed by atoms with Gasteiger partial charge >= 0.3 is 0 Å². The van der Waals surface area contributed by atoms with Crippen molar-refractivity contribution < 1.29 is 13.9 Å². The SMILES string of the molecule is COc1ccc([C@@H]2CC(=O)C3=C(C2)Nc2ccccc2N[C@@H]3c2coc3ccc(Cl)cc3c2=O)cc1. The lowest BCUT2D eigenvalue weighted by molar-refractivity contribution is -0.116. The molecule has 2 heterocycles. The Morgan fingerprint density at radius 3 is 2.53 bits per heavy atom. The summed E-state index contributed by atoms with van der Waals surface area (Å²) >= 11 is 6.17. The first-order chi connectivity index (χ1) is 17.5. The lowest BCUT2D eigenvalue weighted by atomic mass is 9.78. The van der Waals surface area contributed by atoms with Gasteiger partial charge in [0.25, 0.3) is 0 Å². The Morgan fingerprint density at radius 2 is 1.75 bits per heavy atom. The van der Waals surface area contributed by atoms with Crippen molar-refractivity contribution >= 4 is 39.7 Å². The van der Waals surface area contributed by atoms with E-state index in [2.05, 4.69) is 10.6 Å². The lowest BCUT2D eigenvalue weighted by Crippen LogP contribution is -2.29. The molecule has 6 rings (SSSR count). The van der Waals surface area contributed by atoms with Crippen molar-refractivity contribution in [3.63, 3.8) is 0 Å². The molecule has 1 aliphatic heterocycles. The Hall–Kier alpha value is -4.03. The van der Waals surface area contributed by atoms with Crippen LogP contribution in [-0.2, 0) is 4.79 Å². The molecule has 1 aromatic heterocycles. The number of methoxy groups -OCH3 is 1. The molecule has 2 N–H and O–H groups in total. The van der Waals surface area contributed by atoms with Gasteiger partial charge < -0.3 is 19.8 Å². The minimum Gasteiger partial charge on any atom is -0.497 e. The van der Waals surface area contributed by atoms with Gasteiger partial charge in [-0.05, 0) is 60.4 Å². The first-order valence-corrected chi connectivity index (χ1v) is 12.1. The lowest BCUT2D eigenvalue weighted by Gasteiger charge is -2.29. The number of hydrogen-bond donors (Lipinski definition) is 2. The minimum atomic E-state index is -0.667. The number of fused-ring (bicyclic) bond motifs is 2. The Balaban J connectivity index is 1.49. The van der Waals surface area contributed by atoms with Crippen LogP contribution < -0.4 is 20.8 Å². The summed E-state index contributed by atoms with van der Waals surface area (Å²) in [4.78, 5) is 27.3. The number of para-hydroxylation sites is 2. The first kappa shape index (κ1) is 22.4. The van der Waals surface area contributed by atoms with Crippen LogP contribution in [0.5, 0.6) is 5.75 Å². The quantitative estimate of drug-likeness (QED) is 0.338. The number of halogens is 1. The summed E-state index contributed by atoms with van der Waals surface area (Å²) in [5.41, 5.74) is 4.69. The monoisotopic (exact) mass is 498 g/mol. The van der Waals surface area contributed by atoms with Crippen LogP contribution in [0.25, 0.3) is 11.0 Å². The number of benzene rings is 3. The van der Waals surface area contributed by atoms with Crippen LogP contribution in [0.15, 0.2) is 93.5 Å². The maximum absolute atomic E-state index is 13.7. The minimum absolute atomic E-state index is 0.00684. The topological polar surface area (TPSA) is 80.6 Å². The third kappa shape index (κ3) is 3.84. The predicted octanol–water partition coefficient (Wildman–Crippen LogP) is 6.43. The number of Topliss-reactive ketones (excluding diaryl/α,β-unsaturated/α-hetero) is 1. The molecule has 0 spiro atoms. The van der Waals surface area contributed by atoms with Gasteiger partial charge in [-0.15, -0.1) is 0 Å². The highest BCUT2D eigenvalue weighted by Gasteiger charge is 2.37. The number of hydrogen-bond acceptors (Lipinski definition) is 6. The molecule has 0 amide bonds. The van der Waals surface area contributed by atoms with Gasteiger partial charge in [0, 0.05) is 22.7 Å². The molecule has 1 aliphatic carbocycles. The first-order valence-electron chi connectivity index (χ1n) is 11.8. The predicted molar refractivity (Wildman–Crippen MR) is 141 cm³/mol. The Labute approximate surface area is 212 Å². The average molecular weight is 499 g/mol. The van der Waals surface area contributed by atoms with Gasteiger partial charge in [0.2, 0.25) is 0 Å². The van der Waals surface area contributed by atoms with Gasteiger partial charge in [-0.2, -0.15) is 0 Å². The third-order valence-corrected chi connectivity index (χ3v) is 7.20. The largest absolute Gasteiger partial charge is 0.497 e. The number of nitrogens with one attached hydrogen (secondary N) is 2. The van der Waals surface area contributed by atoms with Gasteiger partial charge in [0.15, 0.2) is 11.2 Å². The summed E-state index contributed by atoms with van der Waals surface area (Å²) in [6, 6.07) is 19.9. The average Bonchev–Trinajstić information content (AvgIpc) is 3.06. The fraction of sp³-hybridized carbons (Fsp3) is 0.172. The number of ketones is 1. The summed E-state index contributed by atoms with van der Waals surface area (Å²) in [5, 5.41) is 7.77. The zero-order valence-corrected chi connectivity index (χ0v) is 20.3. The van der Waals surface area contributed by atoms with E-state index in [1.165, 1.54) is 6.26 Å². The molecule has 3 aromatic carbocycles. The highest BCUT2D eigenvalue weighted by atomic mass is 35.5. The van der Waals surface area contributed by atoms with Crippen LogP contribution in [0.2, 0.25) is 5.02 Å². The molecule has 6 nitrogen and oxygen atoms in total. The molecule has 0 unspecified atom stereocenters. The van der Waals surface area contributed by atoms with Crippen LogP contribution in [0, 0.1) is 0 Å². The van der Waals surface area contributed by atoms with Gasteiger partial charge in [-0.1, -0.05) is 35.9 Å². The molecule has 2 atom stereocenters. The zero-order valence-electron chi connectivity index (χ0n) is 19.5. The van der Waals surface area contributed by atoms with E-state index in [4.69, 9.17) is 20.8 Å². The molecule has 36 heavy (non-hydrogen) atoms. The zero-order chi connectivity index (χ0) is 24.8. The number of carbonyl (C=O) groups is 1. The van der Waals surface area contributed by atoms with Crippen molar-refractivity contribution in [2.24, 2.45) is 0 Å². The van der Waals surface area contributed by atoms with Crippen molar-refractivity contribution in [3.8, 4) is 5.75 Å². The molecule has 0 radical (unpaired) electrons. The summed E-state index contributed by atoms with van der Waals surface area (Å²) in [6.45, 7) is 0. The third-order valence-electron chi connectivity index (χ3n) is 6.97. The highest BCUT2D eigenvalue weighted by molar-refractivity contribution is 6.31. The molecule has 0 saturated carbocycles. The molecule has 0 fully saturated rings. The van der Waals surface area contributed by atoms with Crippen LogP contribution >= 0.6 is 11.6 Å². The van der Waals surface area contributed by atoms with Crippen molar-refractivity contribution in [2.75, 3.05) is 17.7 Å². The maximum Gasteiger partial charge on any atom is 0.198 e. The van der Waals surface area contributed by atoms with E-state index in [0.29, 0.717) is 40.0 Å². The van der Waals surface area contributed by atoms with Crippen LogP contribution in [-0.4, -0.2) is 12.9 Å². The second-order valence-electron chi connectivity index (χ2n) is 9.10. The number of ether oxygens (including phenoxy) is 1. The molecular weight excluding hydrogens is 476 g/mol. The second kappa shape index (κ2) is 8.88. The van der Waals surface area contributed by atoms with Gasteiger partial charge in [-0.3, -0.25) is 9.59 Å². The fourth-order valence-corrected chi connectivity index (χ4v) is 5.33. The van der Waals surface area contributed by atoms with Crippen molar-refractivity contribution in [1.82, 2.24) is 0 Å². The molecule has 180 valence electrons. The number of carbonyl (C=O) groups excluding carboxylic acids is 1. The number of rotatable bonds is 3. The standard InChI is InChI=1S/C29H23ClN2O4/c1-35-19-9-6-16(7-10-19)17-12-24-27(25(33)13-17)28(32-23-5-3-2-4-22(23)31-24)21-15-36-26-11-8-18(30)14-20(26)29(21)34/h2-11,14-15,17,28,31-32H,12-13H2,1H3/t17-,28+/m0/s1. The van der Waals surface area contributed by atoms with Gasteiger partial charge in [0.05, 0.1) is 35.5 Å². The van der Waals surface area contributed by atoms with E-state index in [-0.39, 0.29) is 17.1 Å². The second-order valence-corrected chi connectivity index (χ2v) is 9.54. The Bertz CT molecular complexity index is 1590. The van der Waals surface area contributed by atoms with Crippen LogP contribution in [0.3, 0.4) is 0 Å². The van der Waals surface area contributed by atoms with Crippen molar-refractivity contribution in [3.05, 3.63) is 111 Å². The van der Waals surface area contributed by atoms with E-state index in [9.17, 15) is 9.59 Å². The fourth-order valence-electron chi connectivity index (χ4n) is 5.15. The van der Waals surface area contributed by atoms with Crippen molar-refractivity contribution in [1.29, 1.82) is 0 Å². The van der Waals surface area contributed by atoms with Gasteiger partial charge in [0.1, 0.15) is 17.6 Å². The number of allylic oxidation sites excluding steroid dienone is 1. The Kier molecular flexibility index (Phi) is 5.53. The number of anilines is 2. The summed E-state index contributed by atoms with van der Waals surface area (Å²) in [7, 11) is 1.63. The van der Waals surface area contributed by atoms with E-state index >= 15 is 0 Å².